The molecule has 1 aliphatic heterocycles. The van der Waals surface area contributed by atoms with E-state index in [-0.39, 0.29) is 5.41 Å². The van der Waals surface area contributed by atoms with Crippen molar-refractivity contribution in [3.05, 3.63) is 24.3 Å². The number of aliphatic hydroxyl groups is 1. The average molecular weight is 403 g/mol. The summed E-state index contributed by atoms with van der Waals surface area (Å²) >= 11 is 0. The van der Waals surface area contributed by atoms with Gasteiger partial charge >= 0.3 is 0 Å². The Labute approximate surface area is 176 Å². The molecule has 5 nitrogen and oxygen atoms in total. The van der Waals surface area contributed by atoms with Crippen molar-refractivity contribution in [3.8, 4) is 5.75 Å². The number of fused-ring (bicyclic) bond motifs is 2. The van der Waals surface area contributed by atoms with Crippen molar-refractivity contribution < 1.29 is 14.6 Å². The predicted octanol–water partition coefficient (Wildman–Crippen LogP) is 3.41. The Bertz CT molecular complexity index is 684. The van der Waals surface area contributed by atoms with Gasteiger partial charge in [-0.25, -0.2) is 0 Å². The monoisotopic (exact) mass is 402 g/mol. The first-order chi connectivity index (χ1) is 13.8. The van der Waals surface area contributed by atoms with Gasteiger partial charge in [-0.15, -0.1) is 0 Å². The Balaban J connectivity index is 1.21. The highest BCUT2D eigenvalue weighted by molar-refractivity contribution is 5.49. The highest BCUT2D eigenvalue weighted by atomic mass is 16.5. The first kappa shape index (κ1) is 21.0. The standard InChI is InChI=1S/C24H38N2O3/c1-23(2)18-9-10-24(23,3)22(15-18)29-17-20(27)16-25-11-13-26(14-12-25)19-5-7-21(28-4)8-6-19/h5-8,18,20,22,27H,9-17H2,1-4H3/t18-,20+,22+,24-/m1/s1. The third-order valence-electron chi connectivity index (χ3n) is 8.48. The molecule has 1 saturated heterocycles. The number of piperazine rings is 1. The lowest BCUT2D eigenvalue weighted by Gasteiger charge is -2.39. The van der Waals surface area contributed by atoms with E-state index in [0.717, 1.165) is 44.3 Å². The summed E-state index contributed by atoms with van der Waals surface area (Å²) in [5.74, 6) is 1.67. The van der Waals surface area contributed by atoms with Crippen LogP contribution in [-0.4, -0.2) is 68.7 Å². The smallest absolute Gasteiger partial charge is 0.119 e. The van der Waals surface area contributed by atoms with Gasteiger partial charge in [0.1, 0.15) is 5.75 Å². The number of nitrogens with zero attached hydrogens (tertiary/aromatic N) is 2. The first-order valence-electron chi connectivity index (χ1n) is 11.2. The third kappa shape index (κ3) is 3.89. The summed E-state index contributed by atoms with van der Waals surface area (Å²) in [6, 6.07) is 8.27. The van der Waals surface area contributed by atoms with Crippen molar-refractivity contribution in [1.82, 2.24) is 4.90 Å². The molecule has 2 aliphatic carbocycles. The summed E-state index contributed by atoms with van der Waals surface area (Å²) in [6.45, 7) is 12.3. The van der Waals surface area contributed by atoms with Crippen LogP contribution in [0.25, 0.3) is 0 Å². The molecule has 29 heavy (non-hydrogen) atoms. The minimum atomic E-state index is -0.409. The maximum atomic E-state index is 10.6. The van der Waals surface area contributed by atoms with E-state index < -0.39 is 6.10 Å². The largest absolute Gasteiger partial charge is 0.497 e. The molecule has 0 spiro atoms. The summed E-state index contributed by atoms with van der Waals surface area (Å²) < 4.78 is 11.5. The second-order valence-electron chi connectivity index (χ2n) is 10.1. The van der Waals surface area contributed by atoms with Crippen LogP contribution in [0.5, 0.6) is 5.75 Å². The van der Waals surface area contributed by atoms with Crippen molar-refractivity contribution >= 4 is 5.69 Å². The van der Waals surface area contributed by atoms with E-state index in [0.29, 0.717) is 24.7 Å². The third-order valence-corrected chi connectivity index (χ3v) is 8.48. The van der Waals surface area contributed by atoms with Crippen LogP contribution >= 0.6 is 0 Å². The number of aliphatic hydroxyl groups excluding tert-OH is 1. The molecule has 162 valence electrons. The van der Waals surface area contributed by atoms with Gasteiger partial charge in [-0.2, -0.15) is 0 Å². The van der Waals surface area contributed by atoms with Crippen molar-refractivity contribution in [1.29, 1.82) is 0 Å². The minimum Gasteiger partial charge on any atom is -0.497 e. The molecule has 1 heterocycles. The molecule has 4 rings (SSSR count). The summed E-state index contributed by atoms with van der Waals surface area (Å²) in [5, 5.41) is 10.6. The Morgan fingerprint density at radius 3 is 2.34 bits per heavy atom. The van der Waals surface area contributed by atoms with E-state index in [1.807, 2.05) is 12.1 Å². The van der Waals surface area contributed by atoms with Crippen LogP contribution in [0, 0.1) is 16.7 Å². The molecular weight excluding hydrogens is 364 g/mol. The molecular formula is C24H38N2O3. The fourth-order valence-corrected chi connectivity index (χ4v) is 5.94. The summed E-state index contributed by atoms with van der Waals surface area (Å²) in [5.41, 5.74) is 1.86. The van der Waals surface area contributed by atoms with Crippen LogP contribution in [0.4, 0.5) is 5.69 Å². The molecule has 0 amide bonds. The van der Waals surface area contributed by atoms with Gasteiger partial charge in [0.05, 0.1) is 25.9 Å². The Kier molecular flexibility index (Phi) is 5.84. The predicted molar refractivity (Wildman–Crippen MR) is 117 cm³/mol. The lowest BCUT2D eigenvalue weighted by molar-refractivity contribution is -0.0794. The average Bonchev–Trinajstić information content (AvgIpc) is 3.06. The number of methoxy groups -OCH3 is 1. The number of rotatable bonds is 7. The molecule has 4 atom stereocenters. The molecule has 0 radical (unpaired) electrons. The van der Waals surface area contributed by atoms with E-state index in [4.69, 9.17) is 9.47 Å². The molecule has 3 fully saturated rings. The van der Waals surface area contributed by atoms with Crippen LogP contribution in [0.2, 0.25) is 0 Å². The minimum absolute atomic E-state index is 0.265. The molecule has 2 bridgehead atoms. The lowest BCUT2D eigenvalue weighted by Crippen LogP contribution is -2.49. The Hall–Kier alpha value is -1.30. The number of hydrogen-bond acceptors (Lipinski definition) is 5. The fourth-order valence-electron chi connectivity index (χ4n) is 5.94. The van der Waals surface area contributed by atoms with Gasteiger partial charge in [-0.1, -0.05) is 20.8 Å². The topological polar surface area (TPSA) is 45.2 Å². The van der Waals surface area contributed by atoms with E-state index in [1.165, 1.54) is 18.5 Å². The number of ether oxygens (including phenoxy) is 2. The van der Waals surface area contributed by atoms with Gasteiger partial charge in [-0.3, -0.25) is 4.90 Å². The number of β-amino-alcohol motifs (C(OH)–C–C–N with tert-alkyl or cyclic N) is 1. The molecule has 0 unspecified atom stereocenters. The number of hydrogen-bond donors (Lipinski definition) is 1. The van der Waals surface area contributed by atoms with Crippen molar-refractivity contribution in [3.63, 3.8) is 0 Å². The molecule has 3 aliphatic rings. The Morgan fingerprint density at radius 1 is 1.10 bits per heavy atom. The molecule has 1 N–H and O–H groups in total. The molecule has 2 saturated carbocycles. The van der Waals surface area contributed by atoms with E-state index in [2.05, 4.69) is 42.7 Å². The SMILES string of the molecule is COc1ccc(N2CCN(C[C@H](O)CO[C@H]3C[C@H]4CC[C@@]3(C)C4(C)C)CC2)cc1. The highest BCUT2D eigenvalue weighted by Gasteiger charge is 2.61. The van der Waals surface area contributed by atoms with E-state index >= 15 is 0 Å². The van der Waals surface area contributed by atoms with Gasteiger partial charge in [-0.05, 0) is 60.3 Å². The van der Waals surface area contributed by atoms with Crippen LogP contribution in [0.15, 0.2) is 24.3 Å². The zero-order valence-corrected chi connectivity index (χ0v) is 18.6. The second kappa shape index (κ2) is 8.09. The Morgan fingerprint density at radius 2 is 1.79 bits per heavy atom. The maximum absolute atomic E-state index is 10.6. The molecule has 5 heteroatoms. The van der Waals surface area contributed by atoms with E-state index in [1.54, 1.807) is 7.11 Å². The fraction of sp³-hybridized carbons (Fsp3) is 0.750. The van der Waals surface area contributed by atoms with Crippen molar-refractivity contribution in [2.45, 2.75) is 52.2 Å². The van der Waals surface area contributed by atoms with Gasteiger partial charge in [0.25, 0.3) is 0 Å². The van der Waals surface area contributed by atoms with Gasteiger partial charge in [0.15, 0.2) is 0 Å². The van der Waals surface area contributed by atoms with E-state index in [9.17, 15) is 5.11 Å². The molecule has 0 aromatic heterocycles. The van der Waals surface area contributed by atoms with Crippen LogP contribution in [0.1, 0.15) is 40.0 Å². The highest BCUT2D eigenvalue weighted by Crippen LogP contribution is 2.66. The zero-order valence-electron chi connectivity index (χ0n) is 18.6. The maximum Gasteiger partial charge on any atom is 0.119 e. The van der Waals surface area contributed by atoms with Gasteiger partial charge < -0.3 is 19.5 Å². The summed E-state index contributed by atoms with van der Waals surface area (Å²) in [6.07, 6.45) is 3.66. The van der Waals surface area contributed by atoms with Crippen LogP contribution < -0.4 is 9.64 Å². The number of anilines is 1. The van der Waals surface area contributed by atoms with Crippen molar-refractivity contribution in [2.24, 2.45) is 16.7 Å². The van der Waals surface area contributed by atoms with Gasteiger partial charge in [0, 0.05) is 38.4 Å². The quantitative estimate of drug-likeness (QED) is 0.757. The normalized spacial score (nSPS) is 32.5. The zero-order chi connectivity index (χ0) is 20.6. The summed E-state index contributed by atoms with van der Waals surface area (Å²) in [7, 11) is 1.70. The molecule has 1 aromatic rings. The number of benzene rings is 1. The second-order valence-corrected chi connectivity index (χ2v) is 10.1. The van der Waals surface area contributed by atoms with Gasteiger partial charge in [0.2, 0.25) is 0 Å². The first-order valence-corrected chi connectivity index (χ1v) is 11.2. The van der Waals surface area contributed by atoms with Crippen LogP contribution in [0.3, 0.4) is 0 Å². The van der Waals surface area contributed by atoms with Crippen molar-refractivity contribution in [2.75, 3.05) is 51.3 Å². The summed E-state index contributed by atoms with van der Waals surface area (Å²) in [4.78, 5) is 4.76. The lowest BCUT2D eigenvalue weighted by atomic mass is 9.70. The molecule has 1 aromatic carbocycles. The van der Waals surface area contributed by atoms with Crippen LogP contribution in [-0.2, 0) is 4.74 Å².